The van der Waals surface area contributed by atoms with Crippen LogP contribution in [0.25, 0.3) is 0 Å². The summed E-state index contributed by atoms with van der Waals surface area (Å²) in [4.78, 5) is 0. The Bertz CT molecular complexity index is 181. The number of rotatable bonds is 0. The highest BCUT2D eigenvalue weighted by Gasteiger charge is 2.43. The number of fused-ring (bicyclic) bond motifs is 2. The van der Waals surface area contributed by atoms with Crippen molar-refractivity contribution in [3.63, 3.8) is 0 Å². The maximum atomic E-state index is 3.82. The minimum atomic E-state index is 0.485. The molecule has 0 spiro atoms. The average molecular weight is 167 g/mol. The Morgan fingerprint density at radius 2 is 1.83 bits per heavy atom. The summed E-state index contributed by atoms with van der Waals surface area (Å²) in [5, 5.41) is 3.82. The first-order valence-corrected chi connectivity index (χ1v) is 5.30. The third-order valence-electron chi connectivity index (χ3n) is 4.01. The molecule has 2 aliphatic heterocycles. The Labute approximate surface area is 75.9 Å². The van der Waals surface area contributed by atoms with Crippen LogP contribution in [-0.2, 0) is 0 Å². The predicted octanol–water partition coefficient (Wildman–Crippen LogP) is 2.71. The minimum Gasteiger partial charge on any atom is -0.308 e. The molecule has 0 saturated carbocycles. The zero-order valence-electron chi connectivity index (χ0n) is 8.61. The number of hydrogen-bond acceptors (Lipinski definition) is 1. The molecule has 2 unspecified atom stereocenters. The quantitative estimate of drug-likeness (QED) is 0.585. The molecule has 0 aromatic rings. The van der Waals surface area contributed by atoms with Gasteiger partial charge >= 0.3 is 0 Å². The molecule has 2 fully saturated rings. The summed E-state index contributed by atoms with van der Waals surface area (Å²) in [5.74, 6) is 0. The Morgan fingerprint density at radius 1 is 1.08 bits per heavy atom. The molecule has 2 saturated heterocycles. The van der Waals surface area contributed by atoms with E-state index in [0.29, 0.717) is 11.0 Å². The van der Waals surface area contributed by atoms with E-state index in [9.17, 15) is 0 Å². The van der Waals surface area contributed by atoms with Gasteiger partial charge in [0.05, 0.1) is 0 Å². The van der Waals surface area contributed by atoms with Gasteiger partial charge in [-0.2, -0.15) is 0 Å². The van der Waals surface area contributed by atoms with Crippen molar-refractivity contribution in [1.82, 2.24) is 5.32 Å². The lowest BCUT2D eigenvalue weighted by molar-refractivity contribution is 0.0554. The van der Waals surface area contributed by atoms with Crippen LogP contribution in [0.5, 0.6) is 0 Å². The Balaban J connectivity index is 2.16. The molecular weight excluding hydrogens is 146 g/mol. The van der Waals surface area contributed by atoms with E-state index in [0.717, 1.165) is 6.04 Å². The molecule has 0 aromatic carbocycles. The average Bonchev–Trinajstić information content (AvgIpc) is 2.00. The van der Waals surface area contributed by atoms with E-state index in [-0.39, 0.29) is 0 Å². The van der Waals surface area contributed by atoms with E-state index < -0.39 is 0 Å². The van der Waals surface area contributed by atoms with Crippen molar-refractivity contribution in [3.8, 4) is 0 Å². The van der Waals surface area contributed by atoms with Crippen LogP contribution in [0.1, 0.15) is 52.9 Å². The molecule has 12 heavy (non-hydrogen) atoms. The van der Waals surface area contributed by atoms with E-state index >= 15 is 0 Å². The van der Waals surface area contributed by atoms with Crippen molar-refractivity contribution >= 4 is 0 Å². The maximum absolute atomic E-state index is 3.82. The normalized spacial score (nSPS) is 45.8. The van der Waals surface area contributed by atoms with Crippen LogP contribution in [0, 0.1) is 5.41 Å². The van der Waals surface area contributed by atoms with Gasteiger partial charge in [-0.15, -0.1) is 0 Å². The highest BCUT2D eigenvalue weighted by molar-refractivity contribution is 5.01. The molecule has 2 bridgehead atoms. The van der Waals surface area contributed by atoms with Crippen LogP contribution in [-0.4, -0.2) is 11.6 Å². The first-order chi connectivity index (χ1) is 5.52. The summed E-state index contributed by atoms with van der Waals surface area (Å²) in [7, 11) is 0. The summed E-state index contributed by atoms with van der Waals surface area (Å²) in [6.07, 6.45) is 6.98. The fourth-order valence-electron chi connectivity index (χ4n) is 2.82. The van der Waals surface area contributed by atoms with Crippen molar-refractivity contribution in [1.29, 1.82) is 0 Å². The molecule has 1 heteroatoms. The first-order valence-electron chi connectivity index (χ1n) is 5.30. The fraction of sp³-hybridized carbons (Fsp3) is 1.00. The topological polar surface area (TPSA) is 12.0 Å². The summed E-state index contributed by atoms with van der Waals surface area (Å²) in [5.41, 5.74) is 1.03. The molecule has 0 amide bonds. The fourth-order valence-corrected chi connectivity index (χ4v) is 2.82. The lowest BCUT2D eigenvalue weighted by Gasteiger charge is -2.52. The molecule has 2 heterocycles. The summed E-state index contributed by atoms with van der Waals surface area (Å²) in [6.45, 7) is 7.22. The second-order valence-corrected chi connectivity index (χ2v) is 5.64. The largest absolute Gasteiger partial charge is 0.308 e. The van der Waals surface area contributed by atoms with Crippen LogP contribution in [0.15, 0.2) is 0 Å². The van der Waals surface area contributed by atoms with E-state index in [1.807, 2.05) is 0 Å². The van der Waals surface area contributed by atoms with Gasteiger partial charge in [0.25, 0.3) is 0 Å². The van der Waals surface area contributed by atoms with Gasteiger partial charge in [-0.25, -0.2) is 0 Å². The van der Waals surface area contributed by atoms with Gasteiger partial charge in [-0.1, -0.05) is 20.3 Å². The van der Waals surface area contributed by atoms with Gasteiger partial charge in [0, 0.05) is 11.6 Å². The van der Waals surface area contributed by atoms with E-state index in [4.69, 9.17) is 0 Å². The third kappa shape index (κ3) is 1.28. The third-order valence-corrected chi connectivity index (χ3v) is 4.01. The van der Waals surface area contributed by atoms with Gasteiger partial charge in [-0.05, 0) is 38.0 Å². The van der Waals surface area contributed by atoms with E-state index in [1.54, 1.807) is 0 Å². The smallest absolute Gasteiger partial charge is 0.0156 e. The number of nitrogens with one attached hydrogen (secondary N) is 1. The Hall–Kier alpha value is -0.0400. The molecule has 0 aliphatic carbocycles. The zero-order chi connectivity index (χ0) is 8.82. The van der Waals surface area contributed by atoms with Crippen molar-refractivity contribution in [2.45, 2.75) is 64.5 Å². The highest BCUT2D eigenvalue weighted by atomic mass is 15.0. The van der Waals surface area contributed by atoms with Gasteiger partial charge in [0.1, 0.15) is 0 Å². The molecule has 0 aromatic heterocycles. The van der Waals surface area contributed by atoms with Crippen LogP contribution in [0.3, 0.4) is 0 Å². The summed E-state index contributed by atoms with van der Waals surface area (Å²) >= 11 is 0. The highest BCUT2D eigenvalue weighted by Crippen LogP contribution is 2.43. The monoisotopic (exact) mass is 167 g/mol. The second kappa shape index (κ2) is 2.47. The Morgan fingerprint density at radius 3 is 2.50 bits per heavy atom. The molecule has 2 aliphatic rings. The standard InChI is InChI=1S/C11H21N/c1-10(2)7-8-11(3)6-4-5-9(10)12-11/h9,12H,4-8H2,1-3H3. The number of hydrogen-bond donors (Lipinski definition) is 1. The van der Waals surface area contributed by atoms with Crippen LogP contribution in [0.2, 0.25) is 0 Å². The molecule has 1 N–H and O–H groups in total. The van der Waals surface area contributed by atoms with Gasteiger partial charge in [0.15, 0.2) is 0 Å². The molecule has 70 valence electrons. The predicted molar refractivity (Wildman–Crippen MR) is 52.2 cm³/mol. The lowest BCUT2D eigenvalue weighted by Crippen LogP contribution is -2.60. The van der Waals surface area contributed by atoms with E-state index in [2.05, 4.69) is 26.1 Å². The van der Waals surface area contributed by atoms with Gasteiger partial charge in [-0.3, -0.25) is 0 Å². The SMILES string of the molecule is CC12CCCC(N1)C(C)(C)CC2. The second-order valence-electron chi connectivity index (χ2n) is 5.64. The zero-order valence-corrected chi connectivity index (χ0v) is 8.61. The minimum absolute atomic E-state index is 0.485. The molecule has 2 rings (SSSR count). The molecule has 0 radical (unpaired) electrons. The van der Waals surface area contributed by atoms with Crippen molar-refractivity contribution in [3.05, 3.63) is 0 Å². The van der Waals surface area contributed by atoms with Gasteiger partial charge in [0.2, 0.25) is 0 Å². The molecule has 2 atom stereocenters. The van der Waals surface area contributed by atoms with Crippen LogP contribution < -0.4 is 5.32 Å². The van der Waals surface area contributed by atoms with Crippen LogP contribution >= 0.6 is 0 Å². The van der Waals surface area contributed by atoms with E-state index in [1.165, 1.54) is 32.1 Å². The summed E-state index contributed by atoms with van der Waals surface area (Å²) < 4.78 is 0. The summed E-state index contributed by atoms with van der Waals surface area (Å²) in [6, 6.07) is 0.782. The van der Waals surface area contributed by atoms with Crippen LogP contribution in [0.4, 0.5) is 0 Å². The number of piperidine rings is 2. The van der Waals surface area contributed by atoms with Gasteiger partial charge < -0.3 is 5.32 Å². The lowest BCUT2D eigenvalue weighted by atomic mass is 9.66. The first kappa shape index (κ1) is 8.55. The molecular formula is C11H21N. The van der Waals surface area contributed by atoms with Crippen molar-refractivity contribution in [2.24, 2.45) is 5.41 Å². The van der Waals surface area contributed by atoms with Crippen molar-refractivity contribution < 1.29 is 0 Å². The Kier molecular flexibility index (Phi) is 1.76. The van der Waals surface area contributed by atoms with Crippen molar-refractivity contribution in [2.75, 3.05) is 0 Å². The molecule has 1 nitrogen and oxygen atoms in total. The maximum Gasteiger partial charge on any atom is 0.0156 e.